The molecule has 1 aliphatic rings. The fourth-order valence-electron chi connectivity index (χ4n) is 2.39. The second-order valence-corrected chi connectivity index (χ2v) is 5.03. The van der Waals surface area contributed by atoms with Crippen LogP contribution < -0.4 is 5.32 Å². The van der Waals surface area contributed by atoms with Crippen LogP contribution in [-0.2, 0) is 11.3 Å². The Morgan fingerprint density at radius 3 is 2.95 bits per heavy atom. The Labute approximate surface area is 114 Å². The molecule has 4 nitrogen and oxygen atoms in total. The maximum absolute atomic E-state index is 11.9. The van der Waals surface area contributed by atoms with E-state index in [9.17, 15) is 4.79 Å². The molecule has 1 N–H and O–H groups in total. The number of hydrogen-bond acceptors (Lipinski definition) is 3. The molecule has 0 radical (unpaired) electrons. The van der Waals surface area contributed by atoms with Gasteiger partial charge in [0.05, 0.1) is 0 Å². The number of hydrogen-bond donors (Lipinski definition) is 1. The molecule has 0 unspecified atom stereocenters. The Morgan fingerprint density at radius 1 is 1.42 bits per heavy atom. The van der Waals surface area contributed by atoms with Gasteiger partial charge in [0.2, 0.25) is 0 Å². The smallest absolute Gasteiger partial charge is 0.410 e. The Balaban J connectivity index is 1.72. The minimum atomic E-state index is -0.184. The van der Waals surface area contributed by atoms with Gasteiger partial charge in [0, 0.05) is 13.1 Å². The molecule has 2 rings (SSSR count). The lowest BCUT2D eigenvalue weighted by Crippen LogP contribution is -2.29. The topological polar surface area (TPSA) is 41.6 Å². The molecule has 1 saturated heterocycles. The highest BCUT2D eigenvalue weighted by Crippen LogP contribution is 2.20. The fraction of sp³-hybridized carbons (Fsp3) is 0.533. The van der Waals surface area contributed by atoms with Crippen LogP contribution in [0.3, 0.4) is 0 Å². The molecule has 1 amide bonds. The lowest BCUT2D eigenvalue weighted by Gasteiger charge is -2.16. The predicted octanol–water partition coefficient (Wildman–Crippen LogP) is 2.25. The van der Waals surface area contributed by atoms with Crippen LogP contribution in [0.1, 0.15) is 18.4 Å². The highest BCUT2D eigenvalue weighted by molar-refractivity contribution is 5.68. The van der Waals surface area contributed by atoms with E-state index in [-0.39, 0.29) is 6.09 Å². The van der Waals surface area contributed by atoms with E-state index in [1.54, 1.807) is 0 Å². The minimum Gasteiger partial charge on any atom is -0.445 e. The zero-order chi connectivity index (χ0) is 13.5. The summed E-state index contributed by atoms with van der Waals surface area (Å²) in [6, 6.07) is 9.79. The fourth-order valence-corrected chi connectivity index (χ4v) is 2.39. The van der Waals surface area contributed by atoms with Gasteiger partial charge in [0.25, 0.3) is 0 Å². The summed E-state index contributed by atoms with van der Waals surface area (Å²) >= 11 is 0. The Morgan fingerprint density at radius 2 is 2.21 bits per heavy atom. The average Bonchev–Trinajstić information content (AvgIpc) is 2.92. The molecule has 1 fully saturated rings. The normalized spacial score (nSPS) is 18.6. The summed E-state index contributed by atoms with van der Waals surface area (Å²) < 4.78 is 5.34. The van der Waals surface area contributed by atoms with E-state index in [2.05, 4.69) is 5.32 Å². The lowest BCUT2D eigenvalue weighted by atomic mass is 10.1. The van der Waals surface area contributed by atoms with Gasteiger partial charge in [-0.1, -0.05) is 30.3 Å². The van der Waals surface area contributed by atoms with E-state index in [4.69, 9.17) is 4.74 Å². The first-order valence-electron chi connectivity index (χ1n) is 6.90. The molecule has 0 aromatic heterocycles. The van der Waals surface area contributed by atoms with Gasteiger partial charge in [-0.15, -0.1) is 0 Å². The van der Waals surface area contributed by atoms with Crippen LogP contribution in [0.4, 0.5) is 4.79 Å². The second kappa shape index (κ2) is 7.14. The van der Waals surface area contributed by atoms with Crippen molar-refractivity contribution in [3.63, 3.8) is 0 Å². The summed E-state index contributed by atoms with van der Waals surface area (Å²) in [6.45, 7) is 3.02. The third-order valence-electron chi connectivity index (χ3n) is 3.55. The summed E-state index contributed by atoms with van der Waals surface area (Å²) in [5.41, 5.74) is 1.03. The minimum absolute atomic E-state index is 0.184. The second-order valence-electron chi connectivity index (χ2n) is 5.03. The van der Waals surface area contributed by atoms with Gasteiger partial charge < -0.3 is 15.0 Å². The van der Waals surface area contributed by atoms with E-state index in [0.717, 1.165) is 38.0 Å². The predicted molar refractivity (Wildman–Crippen MR) is 74.9 cm³/mol. The van der Waals surface area contributed by atoms with Gasteiger partial charge in [0.1, 0.15) is 6.61 Å². The maximum Gasteiger partial charge on any atom is 0.410 e. The highest BCUT2D eigenvalue weighted by atomic mass is 16.6. The number of nitrogens with zero attached hydrogens (tertiary/aromatic N) is 1. The molecule has 1 atom stereocenters. The summed E-state index contributed by atoms with van der Waals surface area (Å²) in [7, 11) is 1.96. The zero-order valence-electron chi connectivity index (χ0n) is 11.5. The van der Waals surface area contributed by atoms with Crippen molar-refractivity contribution in [2.75, 3.05) is 26.7 Å². The molecule has 1 aliphatic heterocycles. The largest absolute Gasteiger partial charge is 0.445 e. The Bertz CT molecular complexity index is 394. The average molecular weight is 262 g/mol. The third kappa shape index (κ3) is 4.24. The molecule has 0 bridgehead atoms. The van der Waals surface area contributed by atoms with E-state index in [1.165, 1.54) is 0 Å². The van der Waals surface area contributed by atoms with Gasteiger partial charge in [-0.05, 0) is 37.9 Å². The molecule has 104 valence electrons. The van der Waals surface area contributed by atoms with Gasteiger partial charge in [-0.2, -0.15) is 0 Å². The van der Waals surface area contributed by atoms with E-state index in [0.29, 0.717) is 12.5 Å². The van der Waals surface area contributed by atoms with E-state index >= 15 is 0 Å². The van der Waals surface area contributed by atoms with Gasteiger partial charge in [-0.25, -0.2) is 4.79 Å². The molecular formula is C15H22N2O2. The third-order valence-corrected chi connectivity index (χ3v) is 3.55. The summed E-state index contributed by atoms with van der Waals surface area (Å²) in [5, 5.41) is 3.15. The van der Waals surface area contributed by atoms with E-state index < -0.39 is 0 Å². The molecule has 1 aromatic rings. The molecule has 4 heteroatoms. The van der Waals surface area contributed by atoms with Crippen molar-refractivity contribution < 1.29 is 9.53 Å². The maximum atomic E-state index is 11.9. The number of rotatable bonds is 5. The van der Waals surface area contributed by atoms with Crippen LogP contribution in [0.15, 0.2) is 30.3 Å². The van der Waals surface area contributed by atoms with Crippen LogP contribution in [0.5, 0.6) is 0 Å². The zero-order valence-corrected chi connectivity index (χ0v) is 11.5. The molecule has 0 spiro atoms. The van der Waals surface area contributed by atoms with E-state index in [1.807, 2.05) is 42.3 Å². The summed E-state index contributed by atoms with van der Waals surface area (Å²) in [5.74, 6) is 0.608. The molecule has 19 heavy (non-hydrogen) atoms. The quantitative estimate of drug-likeness (QED) is 0.885. The summed E-state index contributed by atoms with van der Waals surface area (Å²) in [4.78, 5) is 13.7. The number of ether oxygens (including phenoxy) is 1. The van der Waals surface area contributed by atoms with Crippen molar-refractivity contribution in [3.8, 4) is 0 Å². The molecule has 1 aromatic carbocycles. The van der Waals surface area contributed by atoms with Crippen LogP contribution in [0.2, 0.25) is 0 Å². The first kappa shape index (κ1) is 13.9. The van der Waals surface area contributed by atoms with Gasteiger partial charge in [0.15, 0.2) is 0 Å². The lowest BCUT2D eigenvalue weighted by molar-refractivity contribution is 0.103. The van der Waals surface area contributed by atoms with Crippen molar-refractivity contribution >= 4 is 6.09 Å². The van der Waals surface area contributed by atoms with Crippen molar-refractivity contribution in [3.05, 3.63) is 35.9 Å². The van der Waals surface area contributed by atoms with Gasteiger partial charge >= 0.3 is 6.09 Å². The highest BCUT2D eigenvalue weighted by Gasteiger charge is 2.26. The number of benzene rings is 1. The number of nitrogens with one attached hydrogen (secondary N) is 1. The van der Waals surface area contributed by atoms with Gasteiger partial charge in [-0.3, -0.25) is 0 Å². The number of likely N-dealkylation sites (tertiary alicyclic amines) is 1. The SMILES string of the molecule is CNCC[C@@H]1CCN(C(=O)OCc2ccccc2)C1. The Kier molecular flexibility index (Phi) is 5.21. The van der Waals surface area contributed by atoms with Crippen LogP contribution in [0.25, 0.3) is 0 Å². The van der Waals surface area contributed by atoms with Crippen molar-refractivity contribution in [1.29, 1.82) is 0 Å². The molecular weight excluding hydrogens is 240 g/mol. The summed E-state index contributed by atoms with van der Waals surface area (Å²) in [6.07, 6.45) is 2.02. The number of carbonyl (C=O) groups excluding carboxylic acids is 1. The van der Waals surface area contributed by atoms with Crippen molar-refractivity contribution in [1.82, 2.24) is 10.2 Å². The molecule has 0 saturated carbocycles. The van der Waals surface area contributed by atoms with Crippen molar-refractivity contribution in [2.24, 2.45) is 5.92 Å². The molecule has 0 aliphatic carbocycles. The van der Waals surface area contributed by atoms with Crippen molar-refractivity contribution in [2.45, 2.75) is 19.4 Å². The Hall–Kier alpha value is -1.55. The first-order valence-corrected chi connectivity index (χ1v) is 6.90. The standard InChI is InChI=1S/C15H22N2O2/c1-16-9-7-13-8-10-17(11-13)15(18)19-12-14-5-3-2-4-6-14/h2-6,13,16H,7-12H2,1H3/t13-/m1/s1. The van der Waals surface area contributed by atoms with Crippen LogP contribution >= 0.6 is 0 Å². The monoisotopic (exact) mass is 262 g/mol. The number of amides is 1. The number of carbonyl (C=O) groups is 1. The van der Waals surface area contributed by atoms with Crippen LogP contribution in [-0.4, -0.2) is 37.7 Å². The first-order chi connectivity index (χ1) is 9.29. The van der Waals surface area contributed by atoms with Crippen LogP contribution in [0, 0.1) is 5.92 Å². The molecule has 1 heterocycles.